The Hall–Kier alpha value is -2.32. The summed E-state index contributed by atoms with van der Waals surface area (Å²) in [7, 11) is 0. The van der Waals surface area contributed by atoms with Crippen LogP contribution in [0.1, 0.15) is 6.92 Å². The van der Waals surface area contributed by atoms with E-state index in [1.807, 2.05) is 31.2 Å². The number of rotatable bonds is 3. The van der Waals surface area contributed by atoms with Gasteiger partial charge in [-0.05, 0) is 31.2 Å². The molecular formula is C16H12BrN5OS. The molecule has 0 atom stereocenters. The average Bonchev–Trinajstić information content (AvgIpc) is 2.97. The lowest BCUT2D eigenvalue weighted by molar-refractivity contribution is 0.967. The third-order valence-corrected chi connectivity index (χ3v) is 5.23. The maximum atomic E-state index is 12.9. The number of aromatic nitrogens is 4. The molecule has 4 rings (SSSR count). The van der Waals surface area contributed by atoms with E-state index in [9.17, 15) is 4.79 Å². The first-order valence-corrected chi connectivity index (χ1v) is 8.94. The summed E-state index contributed by atoms with van der Waals surface area (Å²) in [5.74, 6) is 0.710. The fourth-order valence-corrected chi connectivity index (χ4v) is 3.84. The summed E-state index contributed by atoms with van der Waals surface area (Å²) in [6.07, 6.45) is 3.06. The topological polar surface area (TPSA) is 72.7 Å². The van der Waals surface area contributed by atoms with E-state index in [1.54, 1.807) is 10.9 Å². The van der Waals surface area contributed by atoms with Gasteiger partial charge >= 0.3 is 0 Å². The third kappa shape index (κ3) is 2.38. The van der Waals surface area contributed by atoms with E-state index >= 15 is 0 Å². The fraction of sp³-hybridized carbons (Fsp3) is 0.125. The highest BCUT2D eigenvalue weighted by Gasteiger charge is 2.16. The lowest BCUT2D eigenvalue weighted by Crippen LogP contribution is -2.17. The summed E-state index contributed by atoms with van der Waals surface area (Å²) in [6, 6.07) is 7.53. The van der Waals surface area contributed by atoms with Gasteiger partial charge in [0.15, 0.2) is 0 Å². The summed E-state index contributed by atoms with van der Waals surface area (Å²) in [4.78, 5) is 26.7. The van der Waals surface area contributed by atoms with Crippen molar-refractivity contribution >= 4 is 53.5 Å². The molecule has 3 aromatic heterocycles. The first-order valence-electron chi connectivity index (χ1n) is 7.33. The molecule has 8 heteroatoms. The van der Waals surface area contributed by atoms with Gasteiger partial charge in [-0.2, -0.15) is 0 Å². The number of thiophene rings is 1. The standard InChI is InChI=1S/C16H12BrN5OS/c1-2-18-14-11-12-13(24-15(11)20-7-19-14)16(23)22(8-21-12)10-5-3-9(17)4-6-10/h3-8H,2H2,1H3,(H,18,19,20). The number of nitrogens with one attached hydrogen (secondary N) is 1. The number of fused-ring (bicyclic) bond motifs is 3. The Bertz CT molecular complexity index is 1100. The monoisotopic (exact) mass is 401 g/mol. The van der Waals surface area contributed by atoms with Crippen LogP contribution in [0.25, 0.3) is 26.1 Å². The Morgan fingerprint density at radius 2 is 2.00 bits per heavy atom. The second-order valence-corrected chi connectivity index (χ2v) is 7.02. The predicted octanol–water partition coefficient (Wildman–Crippen LogP) is 3.58. The smallest absolute Gasteiger partial charge is 0.275 e. The minimum atomic E-state index is -0.104. The van der Waals surface area contributed by atoms with Gasteiger partial charge in [0.2, 0.25) is 0 Å². The second-order valence-electron chi connectivity index (χ2n) is 5.11. The Balaban J connectivity index is 2.00. The first kappa shape index (κ1) is 15.2. The highest BCUT2D eigenvalue weighted by molar-refractivity contribution is 9.10. The fourth-order valence-electron chi connectivity index (χ4n) is 2.55. The summed E-state index contributed by atoms with van der Waals surface area (Å²) >= 11 is 4.74. The molecule has 0 fully saturated rings. The minimum absolute atomic E-state index is 0.104. The molecule has 0 saturated heterocycles. The Kier molecular flexibility index (Phi) is 3.78. The van der Waals surface area contributed by atoms with Crippen LogP contribution in [0.2, 0.25) is 0 Å². The van der Waals surface area contributed by atoms with E-state index < -0.39 is 0 Å². The molecular weight excluding hydrogens is 390 g/mol. The zero-order valence-electron chi connectivity index (χ0n) is 12.7. The van der Waals surface area contributed by atoms with Crippen molar-refractivity contribution in [2.75, 3.05) is 11.9 Å². The summed E-state index contributed by atoms with van der Waals surface area (Å²) in [5, 5.41) is 4.01. The number of benzene rings is 1. The van der Waals surface area contributed by atoms with E-state index in [0.29, 0.717) is 16.0 Å². The third-order valence-electron chi connectivity index (χ3n) is 3.63. The lowest BCUT2D eigenvalue weighted by atomic mass is 10.3. The van der Waals surface area contributed by atoms with E-state index in [1.165, 1.54) is 17.7 Å². The molecule has 1 aromatic carbocycles. The molecule has 0 aliphatic rings. The molecule has 4 aromatic rings. The number of hydrogen-bond donors (Lipinski definition) is 1. The average molecular weight is 402 g/mol. The van der Waals surface area contributed by atoms with Crippen LogP contribution in [-0.4, -0.2) is 26.1 Å². The van der Waals surface area contributed by atoms with E-state index in [0.717, 1.165) is 26.9 Å². The van der Waals surface area contributed by atoms with Crippen LogP contribution in [0.3, 0.4) is 0 Å². The molecule has 0 unspecified atom stereocenters. The number of hydrogen-bond acceptors (Lipinski definition) is 6. The van der Waals surface area contributed by atoms with Gasteiger partial charge < -0.3 is 5.32 Å². The maximum Gasteiger partial charge on any atom is 0.275 e. The van der Waals surface area contributed by atoms with Gasteiger partial charge in [0.25, 0.3) is 5.56 Å². The highest BCUT2D eigenvalue weighted by atomic mass is 79.9. The van der Waals surface area contributed by atoms with Gasteiger partial charge in [0, 0.05) is 11.0 Å². The van der Waals surface area contributed by atoms with Crippen molar-refractivity contribution in [3.05, 3.63) is 51.7 Å². The van der Waals surface area contributed by atoms with Crippen LogP contribution in [0.5, 0.6) is 0 Å². The van der Waals surface area contributed by atoms with Crippen molar-refractivity contribution in [1.29, 1.82) is 0 Å². The quantitative estimate of drug-likeness (QED) is 0.567. The largest absolute Gasteiger partial charge is 0.370 e. The van der Waals surface area contributed by atoms with Crippen LogP contribution in [0.4, 0.5) is 5.82 Å². The van der Waals surface area contributed by atoms with Gasteiger partial charge in [-0.25, -0.2) is 15.0 Å². The lowest BCUT2D eigenvalue weighted by Gasteiger charge is -2.05. The number of halogens is 1. The zero-order valence-corrected chi connectivity index (χ0v) is 15.1. The summed E-state index contributed by atoms with van der Waals surface area (Å²) in [5.41, 5.74) is 1.31. The Labute approximate surface area is 149 Å². The van der Waals surface area contributed by atoms with Gasteiger partial charge in [0.05, 0.1) is 11.1 Å². The van der Waals surface area contributed by atoms with Gasteiger partial charge in [-0.15, -0.1) is 11.3 Å². The molecule has 0 radical (unpaired) electrons. The molecule has 3 heterocycles. The SMILES string of the molecule is CCNc1ncnc2sc3c(=O)n(-c4ccc(Br)cc4)cnc3c12. The van der Waals surface area contributed by atoms with Crippen molar-refractivity contribution in [1.82, 2.24) is 19.5 Å². The normalized spacial score (nSPS) is 11.2. The van der Waals surface area contributed by atoms with Crippen LogP contribution in [-0.2, 0) is 0 Å². The maximum absolute atomic E-state index is 12.9. The van der Waals surface area contributed by atoms with E-state index in [2.05, 4.69) is 36.2 Å². The zero-order chi connectivity index (χ0) is 16.7. The summed E-state index contributed by atoms with van der Waals surface area (Å²) < 4.78 is 3.08. The molecule has 0 amide bonds. The molecule has 24 heavy (non-hydrogen) atoms. The Morgan fingerprint density at radius 1 is 1.21 bits per heavy atom. The van der Waals surface area contributed by atoms with Gasteiger partial charge in [0.1, 0.15) is 33.5 Å². The van der Waals surface area contributed by atoms with Crippen LogP contribution in [0.15, 0.2) is 46.2 Å². The van der Waals surface area contributed by atoms with E-state index in [4.69, 9.17) is 0 Å². The van der Waals surface area contributed by atoms with Crippen molar-refractivity contribution in [2.24, 2.45) is 0 Å². The number of anilines is 1. The minimum Gasteiger partial charge on any atom is -0.370 e. The predicted molar refractivity (Wildman–Crippen MR) is 100 cm³/mol. The van der Waals surface area contributed by atoms with Gasteiger partial charge in [-0.1, -0.05) is 15.9 Å². The van der Waals surface area contributed by atoms with Gasteiger partial charge in [-0.3, -0.25) is 9.36 Å². The van der Waals surface area contributed by atoms with E-state index in [-0.39, 0.29) is 5.56 Å². The molecule has 0 spiro atoms. The molecule has 0 saturated carbocycles. The van der Waals surface area contributed by atoms with Crippen LogP contribution in [0, 0.1) is 0 Å². The molecule has 120 valence electrons. The summed E-state index contributed by atoms with van der Waals surface area (Å²) in [6.45, 7) is 2.73. The van der Waals surface area contributed by atoms with Crippen molar-refractivity contribution < 1.29 is 0 Å². The van der Waals surface area contributed by atoms with Crippen LogP contribution >= 0.6 is 27.3 Å². The second kappa shape index (κ2) is 5.95. The Morgan fingerprint density at radius 3 is 2.75 bits per heavy atom. The molecule has 0 aliphatic heterocycles. The molecule has 0 aliphatic carbocycles. The first-order chi connectivity index (χ1) is 11.7. The molecule has 0 bridgehead atoms. The van der Waals surface area contributed by atoms with Crippen molar-refractivity contribution in [3.63, 3.8) is 0 Å². The highest BCUT2D eigenvalue weighted by Crippen LogP contribution is 2.32. The molecule has 1 N–H and O–H groups in total. The van der Waals surface area contributed by atoms with Crippen molar-refractivity contribution in [3.8, 4) is 5.69 Å². The number of nitrogens with zero attached hydrogens (tertiary/aromatic N) is 4. The molecule has 6 nitrogen and oxygen atoms in total. The van der Waals surface area contributed by atoms with Crippen molar-refractivity contribution in [2.45, 2.75) is 6.92 Å². The van der Waals surface area contributed by atoms with Crippen LogP contribution < -0.4 is 10.9 Å².